The van der Waals surface area contributed by atoms with E-state index in [4.69, 9.17) is 14.2 Å². The van der Waals surface area contributed by atoms with Crippen molar-refractivity contribution in [2.75, 3.05) is 47.0 Å². The zero-order valence-electron chi connectivity index (χ0n) is 15.0. The van der Waals surface area contributed by atoms with Crippen molar-refractivity contribution in [3.8, 4) is 17.2 Å². The van der Waals surface area contributed by atoms with Gasteiger partial charge in [-0.2, -0.15) is 0 Å². The molecule has 0 N–H and O–H groups in total. The summed E-state index contributed by atoms with van der Waals surface area (Å²) in [5, 5.41) is 0. The Morgan fingerprint density at radius 3 is 2.68 bits per heavy atom. The predicted octanol–water partition coefficient (Wildman–Crippen LogP) is 1.91. The number of nitrogens with zero attached hydrogens (tertiary/aromatic N) is 2. The molecule has 1 aromatic carbocycles. The number of carbonyl (C=O) groups excluding carboxylic acids is 1. The summed E-state index contributed by atoms with van der Waals surface area (Å²) in [6.07, 6.45) is 3.05. The van der Waals surface area contributed by atoms with Gasteiger partial charge in [0.1, 0.15) is 19.0 Å². The van der Waals surface area contributed by atoms with E-state index in [0.717, 1.165) is 68.3 Å². The molecule has 6 nitrogen and oxygen atoms in total. The van der Waals surface area contributed by atoms with E-state index in [1.54, 1.807) is 7.11 Å². The van der Waals surface area contributed by atoms with Crippen molar-refractivity contribution in [3.05, 3.63) is 17.7 Å². The molecule has 0 radical (unpaired) electrons. The maximum Gasteiger partial charge on any atom is 0.229 e. The molecule has 1 spiro atoms. The summed E-state index contributed by atoms with van der Waals surface area (Å²) >= 11 is 0. The van der Waals surface area contributed by atoms with Gasteiger partial charge in [-0.05, 0) is 31.9 Å². The number of amides is 1. The highest BCUT2D eigenvalue weighted by Gasteiger charge is 2.47. The molecule has 1 unspecified atom stereocenters. The summed E-state index contributed by atoms with van der Waals surface area (Å²) in [5.41, 5.74) is 0.897. The lowest BCUT2D eigenvalue weighted by atomic mass is 9.78. The zero-order valence-corrected chi connectivity index (χ0v) is 15.0. The predicted molar refractivity (Wildman–Crippen MR) is 93.2 cm³/mol. The van der Waals surface area contributed by atoms with Gasteiger partial charge < -0.3 is 19.1 Å². The summed E-state index contributed by atoms with van der Waals surface area (Å²) in [4.78, 5) is 17.0. The SMILES string of the molecule is COc1cc2c(cc1CN1CCC3(CCCN(C)C3=O)C1)OCCO2. The Bertz CT molecular complexity index is 678. The van der Waals surface area contributed by atoms with Crippen LogP contribution in [0.5, 0.6) is 17.2 Å². The van der Waals surface area contributed by atoms with Gasteiger partial charge in [0, 0.05) is 38.3 Å². The minimum atomic E-state index is -0.186. The first-order chi connectivity index (χ1) is 12.1. The molecule has 2 fully saturated rings. The van der Waals surface area contributed by atoms with E-state index in [2.05, 4.69) is 4.90 Å². The van der Waals surface area contributed by atoms with Crippen LogP contribution >= 0.6 is 0 Å². The van der Waals surface area contributed by atoms with Gasteiger partial charge >= 0.3 is 0 Å². The van der Waals surface area contributed by atoms with Crippen LogP contribution in [0.4, 0.5) is 0 Å². The van der Waals surface area contributed by atoms with Crippen molar-refractivity contribution in [1.29, 1.82) is 0 Å². The van der Waals surface area contributed by atoms with Gasteiger partial charge in [-0.1, -0.05) is 0 Å². The molecule has 0 aromatic heterocycles. The quantitative estimate of drug-likeness (QED) is 0.837. The van der Waals surface area contributed by atoms with E-state index in [-0.39, 0.29) is 5.41 Å². The third-order valence-corrected chi connectivity index (χ3v) is 5.72. The van der Waals surface area contributed by atoms with Crippen LogP contribution in [0, 0.1) is 5.41 Å². The summed E-state index contributed by atoms with van der Waals surface area (Å²) in [5.74, 6) is 2.66. The first kappa shape index (κ1) is 16.5. The van der Waals surface area contributed by atoms with Crippen LogP contribution < -0.4 is 14.2 Å². The van der Waals surface area contributed by atoms with E-state index in [1.807, 2.05) is 24.1 Å². The fraction of sp³-hybridized carbons (Fsp3) is 0.632. The Hall–Kier alpha value is -1.95. The van der Waals surface area contributed by atoms with Crippen LogP contribution in [0.15, 0.2) is 12.1 Å². The van der Waals surface area contributed by atoms with Crippen molar-refractivity contribution >= 4 is 5.91 Å². The summed E-state index contributed by atoms with van der Waals surface area (Å²) in [7, 11) is 3.61. The van der Waals surface area contributed by atoms with Crippen LogP contribution in [-0.4, -0.2) is 62.7 Å². The highest BCUT2D eigenvalue weighted by atomic mass is 16.6. The van der Waals surface area contributed by atoms with Crippen LogP contribution in [-0.2, 0) is 11.3 Å². The number of benzene rings is 1. The Labute approximate surface area is 148 Å². The fourth-order valence-electron chi connectivity index (χ4n) is 4.41. The molecule has 2 saturated heterocycles. The molecule has 25 heavy (non-hydrogen) atoms. The zero-order chi connectivity index (χ0) is 17.4. The molecule has 1 aromatic rings. The molecular weight excluding hydrogens is 320 g/mol. The maximum absolute atomic E-state index is 12.7. The normalized spacial score (nSPS) is 26.3. The Morgan fingerprint density at radius 1 is 1.16 bits per heavy atom. The molecule has 3 aliphatic heterocycles. The number of hydrogen-bond acceptors (Lipinski definition) is 5. The average Bonchev–Trinajstić information content (AvgIpc) is 3.02. The minimum Gasteiger partial charge on any atom is -0.496 e. The van der Waals surface area contributed by atoms with Gasteiger partial charge in [0.25, 0.3) is 0 Å². The van der Waals surface area contributed by atoms with Crippen molar-refractivity contribution in [3.63, 3.8) is 0 Å². The molecule has 3 heterocycles. The van der Waals surface area contributed by atoms with Crippen molar-refractivity contribution in [2.24, 2.45) is 5.41 Å². The monoisotopic (exact) mass is 346 g/mol. The molecule has 4 rings (SSSR count). The second-order valence-corrected chi connectivity index (χ2v) is 7.38. The minimum absolute atomic E-state index is 0.186. The number of fused-ring (bicyclic) bond motifs is 1. The fourth-order valence-corrected chi connectivity index (χ4v) is 4.41. The molecule has 136 valence electrons. The van der Waals surface area contributed by atoms with E-state index in [0.29, 0.717) is 19.1 Å². The van der Waals surface area contributed by atoms with E-state index < -0.39 is 0 Å². The topological polar surface area (TPSA) is 51.2 Å². The number of rotatable bonds is 3. The van der Waals surface area contributed by atoms with Crippen LogP contribution in [0.3, 0.4) is 0 Å². The molecule has 1 amide bonds. The second-order valence-electron chi connectivity index (χ2n) is 7.38. The molecule has 0 bridgehead atoms. The Balaban J connectivity index is 1.52. The van der Waals surface area contributed by atoms with Crippen LogP contribution in [0.25, 0.3) is 0 Å². The van der Waals surface area contributed by atoms with Gasteiger partial charge in [-0.15, -0.1) is 0 Å². The smallest absolute Gasteiger partial charge is 0.229 e. The van der Waals surface area contributed by atoms with Crippen molar-refractivity contribution in [2.45, 2.75) is 25.8 Å². The summed E-state index contributed by atoms with van der Waals surface area (Å²) in [6, 6.07) is 3.93. The summed E-state index contributed by atoms with van der Waals surface area (Å²) in [6.45, 7) is 4.56. The second kappa shape index (κ2) is 6.41. The van der Waals surface area contributed by atoms with Gasteiger partial charge in [0.05, 0.1) is 12.5 Å². The first-order valence-corrected chi connectivity index (χ1v) is 9.06. The number of likely N-dealkylation sites (tertiary alicyclic amines) is 2. The molecule has 0 saturated carbocycles. The lowest BCUT2D eigenvalue weighted by molar-refractivity contribution is -0.143. The van der Waals surface area contributed by atoms with Crippen molar-refractivity contribution < 1.29 is 19.0 Å². The third-order valence-electron chi connectivity index (χ3n) is 5.72. The lowest BCUT2D eigenvalue weighted by Crippen LogP contribution is -2.48. The Kier molecular flexibility index (Phi) is 4.23. The number of ether oxygens (including phenoxy) is 3. The van der Waals surface area contributed by atoms with E-state index in [1.165, 1.54) is 0 Å². The third kappa shape index (κ3) is 2.92. The lowest BCUT2D eigenvalue weighted by Gasteiger charge is -2.37. The molecule has 0 aliphatic carbocycles. The number of methoxy groups -OCH3 is 1. The molecule has 6 heteroatoms. The molecule has 1 atom stereocenters. The van der Waals surface area contributed by atoms with Gasteiger partial charge in [-0.25, -0.2) is 0 Å². The largest absolute Gasteiger partial charge is 0.496 e. The van der Waals surface area contributed by atoms with E-state index in [9.17, 15) is 4.79 Å². The standard InChI is InChI=1S/C19H26N2O4/c1-20-6-3-4-19(18(20)22)5-7-21(13-19)12-14-10-16-17(11-15(14)23-2)25-9-8-24-16/h10-11H,3-9,12-13H2,1-2H3. The van der Waals surface area contributed by atoms with Crippen molar-refractivity contribution in [1.82, 2.24) is 9.80 Å². The number of carbonyl (C=O) groups is 1. The molecule has 3 aliphatic rings. The van der Waals surface area contributed by atoms with Gasteiger partial charge in [0.2, 0.25) is 5.91 Å². The average molecular weight is 346 g/mol. The van der Waals surface area contributed by atoms with Crippen LogP contribution in [0.1, 0.15) is 24.8 Å². The molecular formula is C19H26N2O4. The van der Waals surface area contributed by atoms with E-state index >= 15 is 0 Å². The first-order valence-electron chi connectivity index (χ1n) is 9.06. The highest BCUT2D eigenvalue weighted by molar-refractivity contribution is 5.83. The number of piperidine rings is 1. The van der Waals surface area contributed by atoms with Gasteiger partial charge in [0.15, 0.2) is 11.5 Å². The van der Waals surface area contributed by atoms with Crippen LogP contribution in [0.2, 0.25) is 0 Å². The number of hydrogen-bond donors (Lipinski definition) is 0. The maximum atomic E-state index is 12.7. The summed E-state index contributed by atoms with van der Waals surface area (Å²) < 4.78 is 16.9. The van der Waals surface area contributed by atoms with Gasteiger partial charge in [-0.3, -0.25) is 9.69 Å². The highest BCUT2D eigenvalue weighted by Crippen LogP contribution is 2.42. The Morgan fingerprint density at radius 2 is 1.92 bits per heavy atom.